The van der Waals surface area contributed by atoms with Crippen LogP contribution in [-0.2, 0) is 19.5 Å². The van der Waals surface area contributed by atoms with E-state index >= 15 is 0 Å². The Bertz CT molecular complexity index is 440. The van der Waals surface area contributed by atoms with E-state index < -0.39 is 0 Å². The third kappa shape index (κ3) is 19.6. The Labute approximate surface area is 147 Å². The fourth-order valence-electron chi connectivity index (χ4n) is 0.922. The van der Waals surface area contributed by atoms with Gasteiger partial charge in [-0.1, -0.05) is 23.9 Å². The molecule has 2 aromatic heterocycles. The van der Waals surface area contributed by atoms with E-state index in [1.165, 1.54) is 0 Å². The van der Waals surface area contributed by atoms with Gasteiger partial charge >= 0.3 is 19.5 Å². The predicted octanol–water partition coefficient (Wildman–Crippen LogP) is 2.50. The van der Waals surface area contributed by atoms with Crippen LogP contribution in [0.1, 0.15) is 0 Å². The van der Waals surface area contributed by atoms with Gasteiger partial charge in [-0.3, -0.25) is 0 Å². The normalized spacial score (nSPS) is 6.78. The molecular formula is C10H9N5O6RuS. The molecule has 0 aliphatic carbocycles. The van der Waals surface area contributed by atoms with E-state index in [1.54, 1.807) is 24.2 Å². The van der Waals surface area contributed by atoms with E-state index in [0.717, 1.165) is 20.7 Å². The van der Waals surface area contributed by atoms with Gasteiger partial charge in [-0.05, 0) is 24.3 Å². The maximum atomic E-state index is 8.00. The SMILES string of the molecule is O=N[O-].O=N[O-].[N]=O.[OH-].[Ru+3].c1ccc(Sc2ccccn2)nc1. The first-order chi connectivity index (χ1) is 10.3. The van der Waals surface area contributed by atoms with Gasteiger partial charge in [0.25, 0.3) is 0 Å². The summed E-state index contributed by atoms with van der Waals surface area (Å²) in [5, 5.41) is 19.9. The molecular weight excluding hydrogens is 419 g/mol. The number of rotatable bonds is 2. The summed E-state index contributed by atoms with van der Waals surface area (Å²) >= 11 is 1.57. The number of hydrogen-bond acceptors (Lipinski definition) is 11. The van der Waals surface area contributed by atoms with E-state index in [1.807, 2.05) is 36.4 Å². The van der Waals surface area contributed by atoms with Crippen molar-refractivity contribution in [2.75, 3.05) is 0 Å². The van der Waals surface area contributed by atoms with Gasteiger partial charge in [0.15, 0.2) is 0 Å². The monoisotopic (exact) mass is 429 g/mol. The molecule has 2 heterocycles. The average molecular weight is 428 g/mol. The maximum Gasteiger partial charge on any atom is 3.00 e. The van der Waals surface area contributed by atoms with Crippen molar-refractivity contribution in [3.63, 3.8) is 0 Å². The Morgan fingerprint density at radius 1 is 0.870 bits per heavy atom. The second-order valence-corrected chi connectivity index (χ2v) is 3.63. The Morgan fingerprint density at radius 3 is 1.39 bits per heavy atom. The van der Waals surface area contributed by atoms with Crippen LogP contribution in [0.15, 0.2) is 69.5 Å². The van der Waals surface area contributed by atoms with Crippen molar-refractivity contribution in [1.82, 2.24) is 15.6 Å². The van der Waals surface area contributed by atoms with Crippen molar-refractivity contribution >= 4 is 11.8 Å². The number of nitrogens with zero attached hydrogens (tertiary/aromatic N) is 5. The van der Waals surface area contributed by atoms with Gasteiger partial charge in [-0.25, -0.2) is 9.97 Å². The second-order valence-electron chi connectivity index (χ2n) is 2.59. The van der Waals surface area contributed by atoms with Crippen molar-refractivity contribution in [3.05, 3.63) is 73.9 Å². The zero-order chi connectivity index (χ0) is 16.3. The molecule has 0 spiro atoms. The van der Waals surface area contributed by atoms with Crippen LogP contribution >= 0.6 is 11.8 Å². The first-order valence-electron chi connectivity index (χ1n) is 4.86. The Balaban J connectivity index is -0.000000157. The molecule has 0 aromatic carbocycles. The first-order valence-corrected chi connectivity index (χ1v) is 5.68. The molecule has 0 bridgehead atoms. The van der Waals surface area contributed by atoms with Gasteiger partial charge in [0, 0.05) is 12.4 Å². The Hall–Kier alpha value is -2.37. The standard InChI is InChI=1S/C10H8N2S.2HNO2.NO.H2O.Ru/c1-3-7-11-9(5-1)13-10-6-2-4-8-12-10;2*2-1-3;1-2;;/h1-8H;2*(H,2,3);;1H2;/q;;;;;+3/p-3. The van der Waals surface area contributed by atoms with E-state index in [4.69, 9.17) is 30.7 Å². The van der Waals surface area contributed by atoms with Crippen molar-refractivity contribution in [2.24, 2.45) is 10.7 Å². The van der Waals surface area contributed by atoms with Crippen LogP contribution in [0, 0.1) is 25.1 Å². The average Bonchev–Trinajstić information content (AvgIpc) is 2.53. The zero-order valence-electron chi connectivity index (χ0n) is 11.1. The minimum Gasteiger partial charge on any atom is -0.870 e. The molecule has 2 aromatic rings. The molecule has 0 aliphatic rings. The number of pyridine rings is 2. The molecule has 13 heteroatoms. The largest absolute Gasteiger partial charge is 3.00 e. The Kier molecular flexibility index (Phi) is 30.8. The summed E-state index contributed by atoms with van der Waals surface area (Å²) in [4.78, 5) is 31.6. The summed E-state index contributed by atoms with van der Waals surface area (Å²) in [6.07, 6.45) is 3.57. The summed E-state index contributed by atoms with van der Waals surface area (Å²) in [7, 11) is 0. The fraction of sp³-hybridized carbons (Fsp3) is 0. The van der Waals surface area contributed by atoms with Crippen LogP contribution in [0.25, 0.3) is 0 Å². The van der Waals surface area contributed by atoms with Crippen LogP contribution < -0.4 is 5.59 Å². The van der Waals surface area contributed by atoms with Crippen LogP contribution in [0.2, 0.25) is 0 Å². The van der Waals surface area contributed by atoms with E-state index in [2.05, 4.69) is 9.97 Å². The first kappa shape index (κ1) is 28.7. The van der Waals surface area contributed by atoms with Crippen molar-refractivity contribution < 1.29 is 25.0 Å². The third-order valence-electron chi connectivity index (χ3n) is 1.48. The minimum absolute atomic E-state index is 0. The van der Waals surface area contributed by atoms with Gasteiger partial charge in [0.2, 0.25) is 0 Å². The molecule has 0 saturated carbocycles. The quantitative estimate of drug-likeness (QED) is 0.391. The fourth-order valence-corrected chi connectivity index (χ4v) is 1.66. The summed E-state index contributed by atoms with van der Waals surface area (Å²) < 4.78 is 0. The van der Waals surface area contributed by atoms with Crippen molar-refractivity contribution in [2.45, 2.75) is 10.1 Å². The third-order valence-corrected chi connectivity index (χ3v) is 2.39. The minimum atomic E-state index is 0. The molecule has 0 amide bonds. The second kappa shape index (κ2) is 24.6. The molecule has 0 saturated heterocycles. The van der Waals surface area contributed by atoms with Crippen molar-refractivity contribution in [3.8, 4) is 0 Å². The van der Waals surface area contributed by atoms with Crippen LogP contribution in [0.5, 0.6) is 0 Å². The van der Waals surface area contributed by atoms with E-state index in [0.29, 0.717) is 0 Å². The van der Waals surface area contributed by atoms with E-state index in [-0.39, 0.29) is 25.0 Å². The number of aromatic nitrogens is 2. The smallest absolute Gasteiger partial charge is 0.870 e. The predicted molar refractivity (Wildman–Crippen MR) is 78.4 cm³/mol. The van der Waals surface area contributed by atoms with Gasteiger partial charge in [-0.2, -0.15) is 0 Å². The molecule has 0 aliphatic heterocycles. The summed E-state index contributed by atoms with van der Waals surface area (Å²) in [6, 6.07) is 11.7. The van der Waals surface area contributed by atoms with Crippen LogP contribution in [0.4, 0.5) is 0 Å². The zero-order valence-corrected chi connectivity index (χ0v) is 13.7. The number of nitroso groups, excluding NO2 is 1. The van der Waals surface area contributed by atoms with E-state index in [9.17, 15) is 0 Å². The molecule has 11 nitrogen and oxygen atoms in total. The van der Waals surface area contributed by atoms with Gasteiger partial charge in [0.1, 0.15) is 15.6 Å². The molecule has 2 radical (unpaired) electrons. The van der Waals surface area contributed by atoms with Gasteiger partial charge < -0.3 is 25.7 Å². The topological polar surface area (TPSA) is 200 Å². The number of hydrogen-bond donors (Lipinski definition) is 0. The van der Waals surface area contributed by atoms with Crippen molar-refractivity contribution in [1.29, 1.82) is 0 Å². The molecule has 0 atom stereocenters. The molecule has 124 valence electrons. The maximum absolute atomic E-state index is 8.00. The van der Waals surface area contributed by atoms with Crippen LogP contribution in [0.3, 0.4) is 0 Å². The molecule has 2 rings (SSSR count). The summed E-state index contributed by atoms with van der Waals surface area (Å²) in [5.74, 6) is 0. The Morgan fingerprint density at radius 2 is 1.17 bits per heavy atom. The van der Waals surface area contributed by atoms with Crippen LogP contribution in [-0.4, -0.2) is 15.4 Å². The van der Waals surface area contributed by atoms with Gasteiger partial charge in [0.05, 0.1) is 0 Å². The molecule has 0 fully saturated rings. The van der Waals surface area contributed by atoms with Gasteiger partial charge in [-0.15, -0.1) is 15.6 Å². The molecule has 23 heavy (non-hydrogen) atoms. The summed E-state index contributed by atoms with van der Waals surface area (Å²) in [6.45, 7) is 0. The molecule has 1 N–H and O–H groups in total. The molecule has 0 unspecified atom stereocenters. The summed E-state index contributed by atoms with van der Waals surface area (Å²) in [5.41, 5.74) is 5.75.